The fourth-order valence-electron chi connectivity index (χ4n) is 2.36. The van der Waals surface area contributed by atoms with Crippen molar-refractivity contribution in [3.8, 4) is 17.0 Å². The molecule has 2 aromatic carbocycles. The van der Waals surface area contributed by atoms with Crippen LogP contribution in [-0.4, -0.2) is 22.9 Å². The lowest BCUT2D eigenvalue weighted by Crippen LogP contribution is -2.30. The summed E-state index contributed by atoms with van der Waals surface area (Å²) >= 11 is 1.34. The number of amides is 2. The molecule has 0 unspecified atom stereocenters. The summed E-state index contributed by atoms with van der Waals surface area (Å²) in [6, 6.07) is 16.5. The van der Waals surface area contributed by atoms with Crippen LogP contribution >= 0.6 is 11.3 Å². The highest BCUT2D eigenvalue weighted by Crippen LogP contribution is 2.26. The van der Waals surface area contributed by atoms with Gasteiger partial charge in [0.05, 0.1) is 5.69 Å². The van der Waals surface area contributed by atoms with Crippen molar-refractivity contribution in [3.63, 3.8) is 0 Å². The van der Waals surface area contributed by atoms with Crippen LogP contribution in [0, 0.1) is 0 Å². The van der Waals surface area contributed by atoms with Crippen LogP contribution in [0.15, 0.2) is 60.0 Å². The minimum Gasteiger partial charge on any atom is -0.481 e. The minimum absolute atomic E-state index is 0.117. The topological polar surface area (TPSA) is 80.3 Å². The molecule has 1 heterocycles. The first-order chi connectivity index (χ1) is 13.0. The van der Waals surface area contributed by atoms with E-state index in [4.69, 9.17) is 4.74 Å². The average molecular weight is 381 g/mol. The van der Waals surface area contributed by atoms with Crippen molar-refractivity contribution in [3.05, 3.63) is 60.0 Å². The summed E-state index contributed by atoms with van der Waals surface area (Å²) in [4.78, 5) is 27.8. The molecule has 1 atom stereocenters. The summed E-state index contributed by atoms with van der Waals surface area (Å²) in [5.41, 5.74) is 2.37. The number of benzene rings is 2. The number of thiazole rings is 1. The Kier molecular flexibility index (Phi) is 5.83. The van der Waals surface area contributed by atoms with Crippen molar-refractivity contribution in [2.24, 2.45) is 0 Å². The van der Waals surface area contributed by atoms with E-state index >= 15 is 0 Å². The van der Waals surface area contributed by atoms with Gasteiger partial charge in [-0.25, -0.2) is 4.98 Å². The van der Waals surface area contributed by atoms with Crippen LogP contribution in [0.4, 0.5) is 10.8 Å². The molecule has 2 amide bonds. The third-order valence-electron chi connectivity index (χ3n) is 3.66. The van der Waals surface area contributed by atoms with E-state index in [1.165, 1.54) is 18.3 Å². The van der Waals surface area contributed by atoms with E-state index in [1.807, 2.05) is 47.8 Å². The van der Waals surface area contributed by atoms with E-state index in [1.54, 1.807) is 19.1 Å². The molecule has 2 N–H and O–H groups in total. The van der Waals surface area contributed by atoms with Gasteiger partial charge in [0.2, 0.25) is 5.91 Å². The second kappa shape index (κ2) is 8.46. The van der Waals surface area contributed by atoms with Gasteiger partial charge >= 0.3 is 0 Å². The highest BCUT2D eigenvalue weighted by molar-refractivity contribution is 7.14. The maximum atomic E-state index is 12.3. The monoisotopic (exact) mass is 381 g/mol. The smallest absolute Gasteiger partial charge is 0.266 e. The third-order valence-corrected chi connectivity index (χ3v) is 4.42. The summed E-state index contributed by atoms with van der Waals surface area (Å²) in [6.45, 7) is 3.16. The van der Waals surface area contributed by atoms with Gasteiger partial charge in [-0.3, -0.25) is 14.9 Å². The lowest BCUT2D eigenvalue weighted by Gasteiger charge is -2.13. The van der Waals surface area contributed by atoms with Gasteiger partial charge in [0, 0.05) is 23.6 Å². The fourth-order valence-corrected chi connectivity index (χ4v) is 3.08. The molecule has 3 rings (SSSR count). The Bertz CT molecular complexity index is 923. The Morgan fingerprint density at radius 2 is 1.74 bits per heavy atom. The number of carbonyl (C=O) groups excluding carboxylic acids is 2. The molecule has 1 aromatic heterocycles. The minimum atomic E-state index is -0.642. The molecule has 0 fully saturated rings. The second-order valence-corrected chi connectivity index (χ2v) is 6.72. The summed E-state index contributed by atoms with van der Waals surface area (Å²) in [7, 11) is 0. The summed E-state index contributed by atoms with van der Waals surface area (Å²) < 4.78 is 5.61. The van der Waals surface area contributed by atoms with Gasteiger partial charge in [-0.05, 0) is 31.2 Å². The molecule has 0 saturated heterocycles. The van der Waals surface area contributed by atoms with E-state index in [9.17, 15) is 9.59 Å². The molecule has 138 valence electrons. The number of rotatable bonds is 6. The van der Waals surface area contributed by atoms with Crippen molar-refractivity contribution >= 4 is 34.0 Å². The Morgan fingerprint density at radius 3 is 2.41 bits per heavy atom. The molecular formula is C20H19N3O3S. The van der Waals surface area contributed by atoms with Crippen LogP contribution in [0.3, 0.4) is 0 Å². The van der Waals surface area contributed by atoms with Gasteiger partial charge in [-0.15, -0.1) is 11.3 Å². The second-order valence-electron chi connectivity index (χ2n) is 5.86. The van der Waals surface area contributed by atoms with E-state index in [2.05, 4.69) is 15.6 Å². The summed E-state index contributed by atoms with van der Waals surface area (Å²) in [6.07, 6.45) is -0.642. The number of aromatic nitrogens is 1. The number of para-hydroxylation sites is 1. The highest BCUT2D eigenvalue weighted by Gasteiger charge is 2.16. The van der Waals surface area contributed by atoms with E-state index in [-0.39, 0.29) is 11.8 Å². The Labute approximate surface area is 161 Å². The van der Waals surface area contributed by atoms with Crippen molar-refractivity contribution in [2.45, 2.75) is 20.0 Å². The summed E-state index contributed by atoms with van der Waals surface area (Å²) in [5, 5.41) is 7.87. The predicted octanol–water partition coefficient (Wildman–Crippen LogP) is 4.17. The average Bonchev–Trinajstić information content (AvgIpc) is 3.11. The number of hydrogen-bond acceptors (Lipinski definition) is 5. The standard InChI is InChI=1S/C20H19N3O3S/c1-13(26-17-6-4-3-5-7-17)19(25)23-20-22-18(12-27-20)15-8-10-16(11-9-15)21-14(2)24/h3-13H,1-2H3,(H,21,24)(H,22,23,25)/t13-/m1/s1. The van der Waals surface area contributed by atoms with Crippen molar-refractivity contribution in [1.29, 1.82) is 0 Å². The Morgan fingerprint density at radius 1 is 1.04 bits per heavy atom. The first-order valence-corrected chi connectivity index (χ1v) is 9.25. The van der Waals surface area contributed by atoms with Crippen LogP contribution < -0.4 is 15.4 Å². The molecule has 0 spiro atoms. The SMILES string of the molecule is CC(=O)Nc1ccc(-c2csc(NC(=O)[C@@H](C)Oc3ccccc3)n2)cc1. The first-order valence-electron chi connectivity index (χ1n) is 8.37. The molecular weight excluding hydrogens is 362 g/mol. The van der Waals surface area contributed by atoms with Crippen molar-refractivity contribution < 1.29 is 14.3 Å². The molecule has 0 radical (unpaired) electrons. The van der Waals surface area contributed by atoms with Gasteiger partial charge in [-0.2, -0.15) is 0 Å². The normalized spacial score (nSPS) is 11.5. The van der Waals surface area contributed by atoms with E-state index < -0.39 is 6.10 Å². The van der Waals surface area contributed by atoms with Gasteiger partial charge in [0.1, 0.15) is 5.75 Å². The number of nitrogens with zero attached hydrogens (tertiary/aromatic N) is 1. The molecule has 0 saturated carbocycles. The summed E-state index contributed by atoms with van der Waals surface area (Å²) in [5.74, 6) is 0.258. The zero-order valence-corrected chi connectivity index (χ0v) is 15.7. The third kappa shape index (κ3) is 5.15. The van der Waals surface area contributed by atoms with Crippen molar-refractivity contribution in [1.82, 2.24) is 4.98 Å². The number of carbonyl (C=O) groups is 2. The van der Waals surface area contributed by atoms with E-state index in [0.717, 1.165) is 16.9 Å². The molecule has 3 aromatic rings. The molecule has 6 nitrogen and oxygen atoms in total. The van der Waals surface area contributed by atoms with Crippen molar-refractivity contribution in [2.75, 3.05) is 10.6 Å². The first kappa shape index (κ1) is 18.6. The van der Waals surface area contributed by atoms with Gasteiger partial charge in [-0.1, -0.05) is 30.3 Å². The van der Waals surface area contributed by atoms with Gasteiger partial charge < -0.3 is 10.1 Å². The fraction of sp³-hybridized carbons (Fsp3) is 0.150. The largest absolute Gasteiger partial charge is 0.481 e. The quantitative estimate of drug-likeness (QED) is 0.671. The van der Waals surface area contributed by atoms with Gasteiger partial charge in [0.15, 0.2) is 11.2 Å². The molecule has 0 bridgehead atoms. The maximum absolute atomic E-state index is 12.3. The number of ether oxygens (including phenoxy) is 1. The van der Waals surface area contributed by atoms with E-state index in [0.29, 0.717) is 10.9 Å². The maximum Gasteiger partial charge on any atom is 0.266 e. The lowest BCUT2D eigenvalue weighted by molar-refractivity contribution is -0.122. The molecule has 0 aliphatic rings. The van der Waals surface area contributed by atoms with Crippen LogP contribution in [0.5, 0.6) is 5.75 Å². The highest BCUT2D eigenvalue weighted by atomic mass is 32.1. The Balaban J connectivity index is 1.61. The molecule has 0 aliphatic carbocycles. The van der Waals surface area contributed by atoms with Crippen LogP contribution in [0.2, 0.25) is 0 Å². The van der Waals surface area contributed by atoms with Gasteiger partial charge in [0.25, 0.3) is 5.91 Å². The molecule has 7 heteroatoms. The zero-order chi connectivity index (χ0) is 19.2. The lowest BCUT2D eigenvalue weighted by atomic mass is 10.1. The number of hydrogen-bond donors (Lipinski definition) is 2. The molecule has 0 aliphatic heterocycles. The van der Waals surface area contributed by atoms with Crippen LogP contribution in [0.1, 0.15) is 13.8 Å². The number of anilines is 2. The number of nitrogens with one attached hydrogen (secondary N) is 2. The van der Waals surface area contributed by atoms with Crippen LogP contribution in [0.25, 0.3) is 11.3 Å². The zero-order valence-electron chi connectivity index (χ0n) is 14.9. The van der Waals surface area contributed by atoms with Crippen LogP contribution in [-0.2, 0) is 9.59 Å². The predicted molar refractivity (Wildman–Crippen MR) is 107 cm³/mol. The molecule has 27 heavy (non-hydrogen) atoms. The Hall–Kier alpha value is -3.19.